The molecule has 2 aromatic rings. The number of nitrogens with one attached hydrogen (secondary N) is 1. The van der Waals surface area contributed by atoms with Gasteiger partial charge in [0.05, 0.1) is 6.42 Å². The van der Waals surface area contributed by atoms with Crippen LogP contribution < -0.4 is 5.32 Å². The smallest absolute Gasteiger partial charge is 0.305 e. The molecule has 0 spiro atoms. The highest BCUT2D eigenvalue weighted by atomic mass is 16.5. The zero-order valence-corrected chi connectivity index (χ0v) is 14.4. The Morgan fingerprint density at radius 1 is 1.28 bits per heavy atom. The van der Waals surface area contributed by atoms with Crippen LogP contribution in [0.5, 0.6) is 0 Å². The number of carboxylic acids is 1. The molecule has 1 amide bonds. The van der Waals surface area contributed by atoms with E-state index in [0.717, 1.165) is 0 Å². The molecule has 2 rings (SSSR count). The third kappa shape index (κ3) is 5.10. The Labute approximate surface area is 145 Å². The lowest BCUT2D eigenvalue weighted by Gasteiger charge is -2.31. The summed E-state index contributed by atoms with van der Waals surface area (Å²) in [5, 5.41) is 15.8. The Kier molecular flexibility index (Phi) is 6.21. The van der Waals surface area contributed by atoms with Crippen LogP contribution in [0, 0.1) is 0 Å². The number of nitrogens with zero attached hydrogens (tertiary/aromatic N) is 3. The molecule has 0 unspecified atom stereocenters. The van der Waals surface area contributed by atoms with Crippen molar-refractivity contribution in [2.75, 3.05) is 0 Å². The Bertz CT molecular complexity index is 710. The van der Waals surface area contributed by atoms with E-state index in [-0.39, 0.29) is 25.2 Å². The van der Waals surface area contributed by atoms with Gasteiger partial charge in [0.25, 0.3) is 0 Å². The van der Waals surface area contributed by atoms with Gasteiger partial charge in [-0.05, 0) is 25.0 Å². The molecule has 0 fully saturated rings. The van der Waals surface area contributed by atoms with Gasteiger partial charge in [0, 0.05) is 24.6 Å². The molecule has 134 valence electrons. The summed E-state index contributed by atoms with van der Waals surface area (Å²) in [5.74, 6) is -0.450. The highest BCUT2D eigenvalue weighted by Crippen LogP contribution is 2.20. The molecule has 0 atom stereocenters. The molecule has 2 aromatic heterocycles. The highest BCUT2D eigenvalue weighted by molar-refractivity contribution is 5.78. The van der Waals surface area contributed by atoms with Crippen molar-refractivity contribution in [2.45, 2.75) is 51.5 Å². The second-order valence-electron chi connectivity index (χ2n) is 5.83. The minimum atomic E-state index is -0.930. The topological polar surface area (TPSA) is 118 Å². The van der Waals surface area contributed by atoms with Crippen molar-refractivity contribution in [2.24, 2.45) is 0 Å². The van der Waals surface area contributed by atoms with E-state index < -0.39 is 11.5 Å². The number of aliphatic carboxylic acids is 1. The fourth-order valence-electron chi connectivity index (χ4n) is 2.54. The van der Waals surface area contributed by atoms with Crippen molar-refractivity contribution in [1.82, 2.24) is 20.4 Å². The van der Waals surface area contributed by atoms with Crippen LogP contribution in [0.3, 0.4) is 0 Å². The van der Waals surface area contributed by atoms with Crippen molar-refractivity contribution in [1.29, 1.82) is 0 Å². The molecule has 0 aliphatic carbocycles. The lowest BCUT2D eigenvalue weighted by atomic mass is 9.88. The van der Waals surface area contributed by atoms with Crippen molar-refractivity contribution < 1.29 is 19.2 Å². The number of carboxylic acid groups (broad SMARTS) is 1. The van der Waals surface area contributed by atoms with Crippen LogP contribution in [0.4, 0.5) is 0 Å². The summed E-state index contributed by atoms with van der Waals surface area (Å²) < 4.78 is 5.14. The van der Waals surface area contributed by atoms with Gasteiger partial charge in [-0.25, -0.2) is 0 Å². The van der Waals surface area contributed by atoms with Gasteiger partial charge in [-0.2, -0.15) is 4.98 Å². The Morgan fingerprint density at radius 2 is 2.04 bits per heavy atom. The van der Waals surface area contributed by atoms with Gasteiger partial charge in [0.15, 0.2) is 0 Å². The lowest BCUT2D eigenvalue weighted by molar-refractivity contribution is -0.139. The van der Waals surface area contributed by atoms with Crippen molar-refractivity contribution in [3.8, 4) is 11.5 Å². The average molecular weight is 346 g/mol. The van der Waals surface area contributed by atoms with Gasteiger partial charge in [0.2, 0.25) is 17.6 Å². The first-order chi connectivity index (χ1) is 12.0. The summed E-state index contributed by atoms with van der Waals surface area (Å²) in [6.45, 7) is 3.73. The number of pyridine rings is 1. The summed E-state index contributed by atoms with van der Waals surface area (Å²) >= 11 is 0. The molecule has 8 nitrogen and oxygen atoms in total. The second-order valence-corrected chi connectivity index (χ2v) is 5.83. The number of aryl methyl sites for hydroxylation is 1. The third-order valence-electron chi connectivity index (χ3n) is 4.18. The quantitative estimate of drug-likeness (QED) is 0.714. The second kappa shape index (κ2) is 8.36. The summed E-state index contributed by atoms with van der Waals surface area (Å²) in [5.41, 5.74) is -0.129. The Morgan fingerprint density at radius 3 is 2.64 bits per heavy atom. The monoisotopic (exact) mass is 346 g/mol. The predicted octanol–water partition coefficient (Wildman–Crippen LogP) is 2.21. The van der Waals surface area contributed by atoms with Gasteiger partial charge in [-0.15, -0.1) is 0 Å². The van der Waals surface area contributed by atoms with Crippen molar-refractivity contribution in [3.63, 3.8) is 0 Å². The molecule has 0 saturated carbocycles. The van der Waals surface area contributed by atoms with Crippen LogP contribution in [0.1, 0.15) is 45.4 Å². The van der Waals surface area contributed by atoms with E-state index in [1.165, 1.54) is 0 Å². The largest absolute Gasteiger partial charge is 0.481 e. The van der Waals surface area contributed by atoms with E-state index in [2.05, 4.69) is 20.4 Å². The summed E-state index contributed by atoms with van der Waals surface area (Å²) in [4.78, 5) is 31.6. The standard InChI is InChI=1S/C17H22N4O4/c1-3-17(4-2,11-15(23)24)20-13(22)8-9-14-19-16(21-25-14)12-7-5-6-10-18-12/h5-7,10H,3-4,8-9,11H2,1-2H3,(H,20,22)(H,23,24). The lowest BCUT2D eigenvalue weighted by Crippen LogP contribution is -2.49. The first kappa shape index (κ1) is 18.6. The zero-order valence-electron chi connectivity index (χ0n) is 14.4. The molecule has 0 aromatic carbocycles. The van der Waals surface area contributed by atoms with Gasteiger partial charge in [-0.1, -0.05) is 25.1 Å². The zero-order chi connectivity index (χ0) is 18.3. The normalized spacial score (nSPS) is 11.3. The van der Waals surface area contributed by atoms with Crippen LogP contribution >= 0.6 is 0 Å². The van der Waals surface area contributed by atoms with Crippen molar-refractivity contribution >= 4 is 11.9 Å². The van der Waals surface area contributed by atoms with E-state index in [4.69, 9.17) is 9.63 Å². The molecule has 0 aliphatic heterocycles. The molecule has 8 heteroatoms. The number of rotatable bonds is 9. The Balaban J connectivity index is 1.93. The average Bonchev–Trinajstić information content (AvgIpc) is 3.09. The van der Waals surface area contributed by atoms with Gasteiger partial charge in [-0.3, -0.25) is 14.6 Å². The van der Waals surface area contributed by atoms with Gasteiger partial charge in [0.1, 0.15) is 5.69 Å². The molecule has 0 radical (unpaired) electrons. The summed E-state index contributed by atoms with van der Waals surface area (Å²) in [6, 6.07) is 5.38. The maximum absolute atomic E-state index is 12.2. The maximum atomic E-state index is 12.2. The van der Waals surface area contributed by atoms with E-state index >= 15 is 0 Å². The highest BCUT2D eigenvalue weighted by Gasteiger charge is 2.30. The predicted molar refractivity (Wildman–Crippen MR) is 89.6 cm³/mol. The van der Waals surface area contributed by atoms with Crippen molar-refractivity contribution in [3.05, 3.63) is 30.3 Å². The van der Waals surface area contributed by atoms with E-state index in [1.54, 1.807) is 18.3 Å². The van der Waals surface area contributed by atoms with Crippen LogP contribution in [-0.4, -0.2) is 37.6 Å². The minimum Gasteiger partial charge on any atom is -0.481 e. The molecule has 0 bridgehead atoms. The van der Waals surface area contributed by atoms with Crippen LogP contribution in [-0.2, 0) is 16.0 Å². The van der Waals surface area contributed by atoms with E-state index in [9.17, 15) is 9.59 Å². The molecular formula is C17H22N4O4. The molecule has 25 heavy (non-hydrogen) atoms. The molecule has 0 saturated heterocycles. The molecule has 0 aliphatic rings. The third-order valence-corrected chi connectivity index (χ3v) is 4.18. The fourth-order valence-corrected chi connectivity index (χ4v) is 2.54. The molecule has 2 heterocycles. The number of carbonyl (C=O) groups excluding carboxylic acids is 1. The van der Waals surface area contributed by atoms with Crippen LogP contribution in [0.25, 0.3) is 11.5 Å². The first-order valence-electron chi connectivity index (χ1n) is 8.25. The first-order valence-corrected chi connectivity index (χ1v) is 8.25. The number of carbonyl (C=O) groups is 2. The maximum Gasteiger partial charge on any atom is 0.305 e. The van der Waals surface area contributed by atoms with Crippen LogP contribution in [0.2, 0.25) is 0 Å². The molecule has 2 N–H and O–H groups in total. The molecular weight excluding hydrogens is 324 g/mol. The number of hydrogen-bond donors (Lipinski definition) is 2. The summed E-state index contributed by atoms with van der Waals surface area (Å²) in [7, 11) is 0. The SMILES string of the molecule is CCC(CC)(CC(=O)O)NC(=O)CCc1nc(-c2ccccn2)no1. The van der Waals surface area contributed by atoms with E-state index in [1.807, 2.05) is 19.9 Å². The van der Waals surface area contributed by atoms with Crippen LogP contribution in [0.15, 0.2) is 28.9 Å². The van der Waals surface area contributed by atoms with E-state index in [0.29, 0.717) is 30.3 Å². The van der Waals surface area contributed by atoms with Gasteiger partial charge < -0.3 is 14.9 Å². The number of amides is 1. The Hall–Kier alpha value is -2.77. The van der Waals surface area contributed by atoms with Gasteiger partial charge >= 0.3 is 5.97 Å². The summed E-state index contributed by atoms with van der Waals surface area (Å²) in [6.07, 6.45) is 3.05. The number of aromatic nitrogens is 3. The number of hydrogen-bond acceptors (Lipinski definition) is 6. The minimum absolute atomic E-state index is 0.101. The fraction of sp³-hybridized carbons (Fsp3) is 0.471.